The van der Waals surface area contributed by atoms with Crippen LogP contribution in [-0.4, -0.2) is 16.2 Å². The van der Waals surface area contributed by atoms with E-state index < -0.39 is 11.9 Å². The van der Waals surface area contributed by atoms with Crippen LogP contribution < -0.4 is 0 Å². The lowest BCUT2D eigenvalue weighted by Crippen LogP contribution is -2.11. The summed E-state index contributed by atoms with van der Waals surface area (Å²) in [6.07, 6.45) is -0.00154. The van der Waals surface area contributed by atoms with E-state index in [1.165, 1.54) is 6.92 Å². The molecule has 4 heteroatoms. The van der Waals surface area contributed by atoms with Gasteiger partial charge in [0, 0.05) is 6.42 Å². The molecule has 0 heterocycles. The summed E-state index contributed by atoms with van der Waals surface area (Å²) in [6, 6.07) is 0. The second-order valence-corrected chi connectivity index (χ2v) is 2.34. The van der Waals surface area contributed by atoms with Crippen LogP contribution in [0.5, 0.6) is 0 Å². The fourth-order valence-corrected chi connectivity index (χ4v) is 0.623. The largest absolute Gasteiger partial charge is 0.481 e. The van der Waals surface area contributed by atoms with Crippen LogP contribution in [0.25, 0.3) is 0 Å². The molecule has 0 saturated carbocycles. The first kappa shape index (κ1) is 8.49. The maximum absolute atomic E-state index is 10.2. The number of carboxylic acids is 1. The predicted molar refractivity (Wildman–Crippen MR) is 35.4 cm³/mol. The summed E-state index contributed by atoms with van der Waals surface area (Å²) in [4.78, 5) is 20.2. The third kappa shape index (κ3) is 4.02. The molecule has 1 N–H and O–H groups in total. The summed E-state index contributed by atoms with van der Waals surface area (Å²) in [5.41, 5.74) is 0. The van der Waals surface area contributed by atoms with Crippen molar-refractivity contribution in [1.82, 2.24) is 0 Å². The molecule has 0 amide bonds. The van der Waals surface area contributed by atoms with Gasteiger partial charge in [-0.3, -0.25) is 9.59 Å². The first-order valence-corrected chi connectivity index (χ1v) is 2.93. The van der Waals surface area contributed by atoms with Crippen LogP contribution in [-0.2, 0) is 9.59 Å². The van der Waals surface area contributed by atoms with Gasteiger partial charge in [-0.1, -0.05) is 6.92 Å². The van der Waals surface area contributed by atoms with Crippen molar-refractivity contribution in [3.05, 3.63) is 0 Å². The van der Waals surface area contributed by atoms with Crippen LogP contribution in [0.3, 0.4) is 0 Å². The van der Waals surface area contributed by atoms with E-state index in [2.05, 4.69) is 12.6 Å². The molecule has 0 aliphatic heterocycles. The first-order chi connectivity index (χ1) is 4.04. The lowest BCUT2D eigenvalue weighted by Gasteiger charge is -1.99. The Morgan fingerprint density at radius 1 is 1.67 bits per heavy atom. The average Bonchev–Trinajstić information content (AvgIpc) is 1.63. The van der Waals surface area contributed by atoms with Gasteiger partial charge in [0.25, 0.3) is 0 Å². The minimum absolute atomic E-state index is 0.00154. The van der Waals surface area contributed by atoms with Gasteiger partial charge in [0.05, 0.1) is 5.92 Å². The molecule has 52 valence electrons. The van der Waals surface area contributed by atoms with Crippen LogP contribution in [0.2, 0.25) is 0 Å². The highest BCUT2D eigenvalue weighted by Gasteiger charge is 2.12. The molecule has 0 fully saturated rings. The van der Waals surface area contributed by atoms with Crippen LogP contribution in [0.1, 0.15) is 13.3 Å². The van der Waals surface area contributed by atoms with Gasteiger partial charge >= 0.3 is 5.97 Å². The Morgan fingerprint density at radius 3 is 2.22 bits per heavy atom. The van der Waals surface area contributed by atoms with Crippen molar-refractivity contribution in [2.24, 2.45) is 5.92 Å². The molecule has 3 nitrogen and oxygen atoms in total. The van der Waals surface area contributed by atoms with Crippen LogP contribution in [0.4, 0.5) is 0 Å². The molecule has 1 unspecified atom stereocenters. The summed E-state index contributed by atoms with van der Waals surface area (Å²) >= 11 is 3.43. The van der Waals surface area contributed by atoms with E-state index in [1.54, 1.807) is 0 Å². The lowest BCUT2D eigenvalue weighted by molar-refractivity contribution is -0.142. The quantitative estimate of drug-likeness (QED) is 0.575. The van der Waals surface area contributed by atoms with E-state index in [4.69, 9.17) is 5.11 Å². The zero-order valence-corrected chi connectivity index (χ0v) is 5.89. The maximum Gasteiger partial charge on any atom is 0.306 e. The zero-order chi connectivity index (χ0) is 7.44. The second-order valence-electron chi connectivity index (χ2n) is 1.84. The van der Waals surface area contributed by atoms with Gasteiger partial charge < -0.3 is 5.11 Å². The number of carbonyl (C=O) groups excluding carboxylic acids is 1. The summed E-state index contributed by atoms with van der Waals surface area (Å²) in [6.45, 7) is 1.47. The van der Waals surface area contributed by atoms with Crippen molar-refractivity contribution in [3.63, 3.8) is 0 Å². The number of hydrogen-bond acceptors (Lipinski definition) is 2. The van der Waals surface area contributed by atoms with E-state index in [1.807, 2.05) is 0 Å². The molecule has 9 heavy (non-hydrogen) atoms. The first-order valence-electron chi connectivity index (χ1n) is 2.48. The lowest BCUT2D eigenvalue weighted by atomic mass is 10.1. The molecule has 0 radical (unpaired) electrons. The number of thiol groups is 1. The molecular weight excluding hydrogens is 140 g/mol. The molecule has 0 aromatic heterocycles. The van der Waals surface area contributed by atoms with E-state index >= 15 is 0 Å². The topological polar surface area (TPSA) is 54.4 Å². The Kier molecular flexibility index (Phi) is 3.30. The van der Waals surface area contributed by atoms with Crippen molar-refractivity contribution in [1.29, 1.82) is 0 Å². The van der Waals surface area contributed by atoms with Crippen LogP contribution in [0.15, 0.2) is 0 Å². The number of hydrogen-bond donors (Lipinski definition) is 2. The SMILES string of the molecule is CC(CC(=O)S)C(=O)O. The molecule has 0 aliphatic rings. The number of carbonyl (C=O) groups is 2. The van der Waals surface area contributed by atoms with Crippen LogP contribution in [0, 0.1) is 5.92 Å². The summed E-state index contributed by atoms with van der Waals surface area (Å²) in [5.74, 6) is -1.58. The highest BCUT2D eigenvalue weighted by atomic mass is 32.1. The monoisotopic (exact) mass is 148 g/mol. The normalized spacial score (nSPS) is 12.7. The van der Waals surface area contributed by atoms with Gasteiger partial charge in [0.1, 0.15) is 0 Å². The summed E-state index contributed by atoms with van der Waals surface area (Å²) in [5, 5.41) is 7.86. The van der Waals surface area contributed by atoms with Crippen molar-refractivity contribution in [3.8, 4) is 0 Å². The predicted octanol–water partition coefficient (Wildman–Crippen LogP) is 0.554. The van der Waals surface area contributed by atoms with E-state index in [0.717, 1.165) is 0 Å². The number of aliphatic carboxylic acids is 1. The van der Waals surface area contributed by atoms with E-state index in [9.17, 15) is 9.59 Å². The molecule has 0 aliphatic carbocycles. The molecule has 0 rings (SSSR count). The van der Waals surface area contributed by atoms with Gasteiger partial charge in [0.2, 0.25) is 0 Å². The number of carboxylic acid groups (broad SMARTS) is 1. The Balaban J connectivity index is 3.63. The molecule has 0 saturated heterocycles. The average molecular weight is 148 g/mol. The Bertz CT molecular complexity index is 132. The van der Waals surface area contributed by atoms with Crippen LogP contribution >= 0.6 is 12.6 Å². The zero-order valence-electron chi connectivity index (χ0n) is 5.00. The maximum atomic E-state index is 10.2. The van der Waals surface area contributed by atoms with Gasteiger partial charge in [-0.25, -0.2) is 0 Å². The second kappa shape index (κ2) is 3.50. The minimum Gasteiger partial charge on any atom is -0.481 e. The smallest absolute Gasteiger partial charge is 0.306 e. The molecule has 1 atom stereocenters. The fourth-order valence-electron chi connectivity index (χ4n) is 0.349. The highest BCUT2D eigenvalue weighted by molar-refractivity contribution is 7.96. The Hall–Kier alpha value is -0.510. The standard InChI is InChI=1S/C5H8O3S/c1-3(5(7)8)2-4(6)9/h3H,2H2,1H3,(H,6,9)(H,7,8). The fraction of sp³-hybridized carbons (Fsp3) is 0.600. The third-order valence-electron chi connectivity index (χ3n) is 0.902. The van der Waals surface area contributed by atoms with Gasteiger partial charge in [-0.15, -0.1) is 12.6 Å². The molecule has 0 spiro atoms. The van der Waals surface area contributed by atoms with Crippen molar-refractivity contribution in [2.45, 2.75) is 13.3 Å². The summed E-state index contributed by atoms with van der Waals surface area (Å²) in [7, 11) is 0. The van der Waals surface area contributed by atoms with Crippen molar-refractivity contribution >= 4 is 23.7 Å². The Morgan fingerprint density at radius 2 is 2.11 bits per heavy atom. The molecule has 0 aromatic carbocycles. The summed E-state index contributed by atoms with van der Waals surface area (Å²) < 4.78 is 0. The van der Waals surface area contributed by atoms with Gasteiger partial charge in [-0.2, -0.15) is 0 Å². The van der Waals surface area contributed by atoms with Crippen molar-refractivity contribution in [2.75, 3.05) is 0 Å². The van der Waals surface area contributed by atoms with Gasteiger partial charge in [0.15, 0.2) is 5.12 Å². The number of rotatable bonds is 3. The van der Waals surface area contributed by atoms with Gasteiger partial charge in [-0.05, 0) is 0 Å². The molecule has 0 aromatic rings. The minimum atomic E-state index is -0.961. The Labute approximate surface area is 58.5 Å². The highest BCUT2D eigenvalue weighted by Crippen LogP contribution is 2.03. The molecular formula is C5H8O3S. The molecule has 0 bridgehead atoms. The van der Waals surface area contributed by atoms with E-state index in [0.29, 0.717) is 0 Å². The third-order valence-corrected chi connectivity index (χ3v) is 1.08. The van der Waals surface area contributed by atoms with Crippen molar-refractivity contribution < 1.29 is 14.7 Å². The van der Waals surface area contributed by atoms with E-state index in [-0.39, 0.29) is 11.5 Å².